The van der Waals surface area contributed by atoms with Gasteiger partial charge in [0.1, 0.15) is 0 Å². The highest BCUT2D eigenvalue weighted by Gasteiger charge is 2.20. The second-order valence-corrected chi connectivity index (χ2v) is 6.07. The molecule has 1 aliphatic rings. The molecule has 3 nitrogen and oxygen atoms in total. The number of carbonyl (C=O) groups excluding carboxylic acids is 1. The molecule has 1 aromatic carbocycles. The summed E-state index contributed by atoms with van der Waals surface area (Å²) in [6, 6.07) is 5.66. The molecule has 2 N–H and O–H groups in total. The largest absolute Gasteiger partial charge is 0.393 e. The van der Waals surface area contributed by atoms with E-state index in [0.717, 1.165) is 31.2 Å². The van der Waals surface area contributed by atoms with Crippen molar-refractivity contribution in [2.45, 2.75) is 50.7 Å². The third-order valence-electron chi connectivity index (χ3n) is 3.71. The van der Waals surface area contributed by atoms with Gasteiger partial charge in [-0.2, -0.15) is 0 Å². The fourth-order valence-corrected chi connectivity index (χ4v) is 2.92. The molecule has 1 amide bonds. The highest BCUT2D eigenvalue weighted by molar-refractivity contribution is 6.42. The number of rotatable bonds is 4. The summed E-state index contributed by atoms with van der Waals surface area (Å²) in [5.74, 6) is 0.0300. The molecule has 110 valence electrons. The number of hydrogen-bond acceptors (Lipinski definition) is 2. The van der Waals surface area contributed by atoms with Gasteiger partial charge in [0.25, 0.3) is 0 Å². The van der Waals surface area contributed by atoms with Crippen LogP contribution in [-0.2, 0) is 11.2 Å². The molecule has 1 aromatic rings. The minimum absolute atomic E-state index is 0.0300. The third-order valence-corrected chi connectivity index (χ3v) is 4.57. The molecule has 0 atom stereocenters. The van der Waals surface area contributed by atoms with Gasteiger partial charge in [0.15, 0.2) is 0 Å². The van der Waals surface area contributed by atoms with E-state index in [1.807, 2.05) is 12.1 Å². The van der Waals surface area contributed by atoms with Gasteiger partial charge >= 0.3 is 0 Å². The molecule has 5 heteroatoms. The van der Waals surface area contributed by atoms with Crippen molar-refractivity contribution >= 4 is 29.1 Å². The number of carbonyl (C=O) groups is 1. The lowest BCUT2D eigenvalue weighted by Gasteiger charge is -2.26. The maximum Gasteiger partial charge on any atom is 0.220 e. The molecule has 0 bridgehead atoms. The maximum atomic E-state index is 11.9. The van der Waals surface area contributed by atoms with Crippen LogP contribution >= 0.6 is 23.2 Å². The zero-order valence-corrected chi connectivity index (χ0v) is 12.8. The molecule has 1 fully saturated rings. The van der Waals surface area contributed by atoms with Gasteiger partial charge in [-0.05, 0) is 43.7 Å². The Hall–Kier alpha value is -0.770. The third kappa shape index (κ3) is 4.37. The van der Waals surface area contributed by atoms with Crippen molar-refractivity contribution in [1.29, 1.82) is 0 Å². The highest BCUT2D eigenvalue weighted by atomic mass is 35.5. The summed E-state index contributed by atoms with van der Waals surface area (Å²) in [7, 11) is 0. The van der Waals surface area contributed by atoms with Gasteiger partial charge in [-0.1, -0.05) is 35.3 Å². The summed E-state index contributed by atoms with van der Waals surface area (Å²) in [5.41, 5.74) is 0.897. The minimum atomic E-state index is -0.201. The highest BCUT2D eigenvalue weighted by Crippen LogP contribution is 2.26. The normalized spacial score (nSPS) is 22.6. The van der Waals surface area contributed by atoms with Crippen LogP contribution in [-0.4, -0.2) is 23.2 Å². The van der Waals surface area contributed by atoms with Gasteiger partial charge in [0.05, 0.1) is 16.1 Å². The van der Waals surface area contributed by atoms with Crippen molar-refractivity contribution in [3.63, 3.8) is 0 Å². The van der Waals surface area contributed by atoms with Crippen LogP contribution in [0.3, 0.4) is 0 Å². The first-order chi connectivity index (χ1) is 9.56. The molecule has 0 saturated heterocycles. The summed E-state index contributed by atoms with van der Waals surface area (Å²) in [4.78, 5) is 11.9. The Morgan fingerprint density at radius 1 is 1.25 bits per heavy atom. The molecule has 1 aliphatic carbocycles. The summed E-state index contributed by atoms with van der Waals surface area (Å²) in [6.45, 7) is 0. The Balaban J connectivity index is 1.79. The van der Waals surface area contributed by atoms with E-state index >= 15 is 0 Å². The summed E-state index contributed by atoms with van der Waals surface area (Å²) in [5, 5.41) is 13.5. The fraction of sp³-hybridized carbons (Fsp3) is 0.533. The van der Waals surface area contributed by atoms with E-state index in [1.165, 1.54) is 0 Å². The predicted molar refractivity (Wildman–Crippen MR) is 81.2 cm³/mol. The lowest BCUT2D eigenvalue weighted by atomic mass is 9.93. The van der Waals surface area contributed by atoms with E-state index in [2.05, 4.69) is 5.32 Å². The first kappa shape index (κ1) is 15.6. The van der Waals surface area contributed by atoms with E-state index in [1.54, 1.807) is 6.07 Å². The number of aliphatic hydroxyl groups is 1. The summed E-state index contributed by atoms with van der Waals surface area (Å²) in [6.07, 6.45) is 4.03. The SMILES string of the molecule is O=C(CCc1cccc(Cl)c1Cl)NC1CCC(O)CC1. The molecular weight excluding hydrogens is 297 g/mol. The maximum absolute atomic E-state index is 11.9. The Morgan fingerprint density at radius 2 is 1.95 bits per heavy atom. The molecule has 0 unspecified atom stereocenters. The number of amides is 1. The number of benzene rings is 1. The van der Waals surface area contributed by atoms with Crippen molar-refractivity contribution in [3.8, 4) is 0 Å². The van der Waals surface area contributed by atoms with Crippen LogP contribution in [0.2, 0.25) is 10.0 Å². The Kier molecular flexibility index (Phi) is 5.70. The minimum Gasteiger partial charge on any atom is -0.393 e. The first-order valence-electron chi connectivity index (χ1n) is 6.96. The van der Waals surface area contributed by atoms with Crippen LogP contribution < -0.4 is 5.32 Å². The van der Waals surface area contributed by atoms with Crippen LogP contribution in [0.25, 0.3) is 0 Å². The lowest BCUT2D eigenvalue weighted by Crippen LogP contribution is -2.38. The van der Waals surface area contributed by atoms with Crippen LogP contribution in [0.4, 0.5) is 0 Å². The number of aryl methyl sites for hydroxylation is 1. The first-order valence-corrected chi connectivity index (χ1v) is 7.72. The molecule has 0 aromatic heterocycles. The monoisotopic (exact) mass is 315 g/mol. The Bertz CT molecular complexity index is 471. The van der Waals surface area contributed by atoms with Crippen LogP contribution in [0.1, 0.15) is 37.7 Å². The van der Waals surface area contributed by atoms with Crippen LogP contribution in [0, 0.1) is 0 Å². The second kappa shape index (κ2) is 7.30. The summed E-state index contributed by atoms with van der Waals surface area (Å²) < 4.78 is 0. The van der Waals surface area contributed by atoms with Gasteiger partial charge in [-0.15, -0.1) is 0 Å². The molecule has 1 saturated carbocycles. The average Bonchev–Trinajstić information content (AvgIpc) is 2.43. The number of hydrogen-bond donors (Lipinski definition) is 2. The Morgan fingerprint density at radius 3 is 2.65 bits per heavy atom. The number of aliphatic hydroxyl groups excluding tert-OH is 1. The van der Waals surface area contributed by atoms with Crippen LogP contribution in [0.15, 0.2) is 18.2 Å². The van der Waals surface area contributed by atoms with Crippen molar-refractivity contribution in [2.75, 3.05) is 0 Å². The molecular formula is C15H19Cl2NO2. The molecule has 0 aliphatic heterocycles. The van der Waals surface area contributed by atoms with E-state index in [9.17, 15) is 9.90 Å². The lowest BCUT2D eigenvalue weighted by molar-refractivity contribution is -0.122. The molecule has 0 heterocycles. The van der Waals surface area contributed by atoms with E-state index in [0.29, 0.717) is 22.9 Å². The smallest absolute Gasteiger partial charge is 0.220 e. The van der Waals surface area contributed by atoms with E-state index in [4.69, 9.17) is 23.2 Å². The molecule has 2 rings (SSSR count). The number of halogens is 2. The zero-order chi connectivity index (χ0) is 14.5. The van der Waals surface area contributed by atoms with Gasteiger partial charge in [-0.25, -0.2) is 0 Å². The second-order valence-electron chi connectivity index (χ2n) is 5.29. The van der Waals surface area contributed by atoms with Gasteiger partial charge in [-0.3, -0.25) is 4.79 Å². The predicted octanol–water partition coefficient (Wildman–Crippen LogP) is 3.35. The standard InChI is InChI=1S/C15H19Cl2NO2/c16-13-3-1-2-10(15(13)17)4-9-14(20)18-11-5-7-12(19)8-6-11/h1-3,11-12,19H,4-9H2,(H,18,20). The van der Waals surface area contributed by atoms with Gasteiger partial charge in [0.2, 0.25) is 5.91 Å². The zero-order valence-electron chi connectivity index (χ0n) is 11.2. The molecule has 20 heavy (non-hydrogen) atoms. The molecule has 0 radical (unpaired) electrons. The summed E-state index contributed by atoms with van der Waals surface area (Å²) >= 11 is 12.0. The fourth-order valence-electron chi connectivity index (χ4n) is 2.51. The van der Waals surface area contributed by atoms with Crippen molar-refractivity contribution in [1.82, 2.24) is 5.32 Å². The van der Waals surface area contributed by atoms with Gasteiger partial charge < -0.3 is 10.4 Å². The van der Waals surface area contributed by atoms with Crippen molar-refractivity contribution < 1.29 is 9.90 Å². The topological polar surface area (TPSA) is 49.3 Å². The number of nitrogens with one attached hydrogen (secondary N) is 1. The average molecular weight is 316 g/mol. The van der Waals surface area contributed by atoms with Crippen molar-refractivity contribution in [2.24, 2.45) is 0 Å². The van der Waals surface area contributed by atoms with E-state index in [-0.39, 0.29) is 18.1 Å². The Labute approximate surface area is 129 Å². The van der Waals surface area contributed by atoms with Crippen molar-refractivity contribution in [3.05, 3.63) is 33.8 Å². The van der Waals surface area contributed by atoms with E-state index < -0.39 is 0 Å². The molecule has 0 spiro atoms. The van der Waals surface area contributed by atoms with Gasteiger partial charge in [0, 0.05) is 12.5 Å². The van der Waals surface area contributed by atoms with Crippen LogP contribution in [0.5, 0.6) is 0 Å². The quantitative estimate of drug-likeness (QED) is 0.895.